The van der Waals surface area contributed by atoms with Crippen LogP contribution in [0, 0.1) is 0 Å². The van der Waals surface area contributed by atoms with Crippen LogP contribution in [0.1, 0.15) is 56.3 Å². The highest BCUT2D eigenvalue weighted by Gasteiger charge is 2.42. The van der Waals surface area contributed by atoms with Crippen LogP contribution < -0.4 is 0 Å². The van der Waals surface area contributed by atoms with Crippen molar-refractivity contribution < 1.29 is 23.9 Å². The van der Waals surface area contributed by atoms with Gasteiger partial charge in [-0.2, -0.15) is 0 Å². The Morgan fingerprint density at radius 3 is 2.41 bits per heavy atom. The number of nitrogens with zero attached hydrogens (tertiary/aromatic N) is 3. The standard InChI is InChI=1S/C29H37N3O5/c1-29(2,3)37-28(35)32-18-17-31(27(34)36-20-21-11-6-5-7-12-21)19-25(32)26(33)30(4)24-16-10-14-22-13-8-9-15-23(22)24/h5-9,11-13,15,24-25H,10,14,16-20H2,1-4H3/t24-,25+/m1/s1. The molecule has 1 saturated heterocycles. The number of piperazine rings is 1. The van der Waals surface area contributed by atoms with Crippen molar-refractivity contribution >= 4 is 18.1 Å². The van der Waals surface area contributed by atoms with Gasteiger partial charge in [-0.15, -0.1) is 0 Å². The van der Waals surface area contributed by atoms with E-state index in [0.29, 0.717) is 0 Å². The van der Waals surface area contributed by atoms with Crippen molar-refractivity contribution in [2.45, 2.75) is 64.3 Å². The molecule has 0 bridgehead atoms. The van der Waals surface area contributed by atoms with Gasteiger partial charge in [-0.3, -0.25) is 9.69 Å². The first-order chi connectivity index (χ1) is 17.6. The third-order valence-electron chi connectivity index (χ3n) is 6.91. The minimum Gasteiger partial charge on any atom is -0.445 e. The highest BCUT2D eigenvalue weighted by molar-refractivity contribution is 5.87. The van der Waals surface area contributed by atoms with Crippen LogP contribution in [0.5, 0.6) is 0 Å². The van der Waals surface area contributed by atoms with Crippen molar-refractivity contribution in [2.75, 3.05) is 26.7 Å². The number of benzene rings is 2. The van der Waals surface area contributed by atoms with Gasteiger partial charge >= 0.3 is 12.2 Å². The zero-order valence-electron chi connectivity index (χ0n) is 22.2. The van der Waals surface area contributed by atoms with Crippen LogP contribution in [0.4, 0.5) is 9.59 Å². The Bertz CT molecular complexity index is 1110. The van der Waals surface area contributed by atoms with Crippen LogP contribution in [0.15, 0.2) is 54.6 Å². The van der Waals surface area contributed by atoms with Crippen molar-refractivity contribution in [3.8, 4) is 0 Å². The number of hydrogen-bond donors (Lipinski definition) is 0. The molecule has 8 nitrogen and oxygen atoms in total. The zero-order chi connectivity index (χ0) is 26.6. The molecule has 1 aliphatic heterocycles. The summed E-state index contributed by atoms with van der Waals surface area (Å²) in [5, 5.41) is 0. The molecule has 2 aromatic carbocycles. The maximum Gasteiger partial charge on any atom is 0.411 e. The van der Waals surface area contributed by atoms with E-state index in [4.69, 9.17) is 9.47 Å². The van der Waals surface area contributed by atoms with Gasteiger partial charge in [-0.25, -0.2) is 9.59 Å². The lowest BCUT2D eigenvalue weighted by molar-refractivity contribution is -0.140. The van der Waals surface area contributed by atoms with Gasteiger partial charge in [0, 0.05) is 20.1 Å². The Morgan fingerprint density at radius 2 is 1.68 bits per heavy atom. The fourth-order valence-corrected chi connectivity index (χ4v) is 5.03. The van der Waals surface area contributed by atoms with E-state index in [-0.39, 0.29) is 38.2 Å². The van der Waals surface area contributed by atoms with E-state index in [1.165, 1.54) is 15.4 Å². The van der Waals surface area contributed by atoms with Gasteiger partial charge in [0.1, 0.15) is 18.2 Å². The molecule has 3 amide bonds. The fraction of sp³-hybridized carbons (Fsp3) is 0.483. The number of aryl methyl sites for hydroxylation is 1. The molecule has 1 heterocycles. The van der Waals surface area contributed by atoms with Crippen LogP contribution in [0.2, 0.25) is 0 Å². The zero-order valence-corrected chi connectivity index (χ0v) is 22.2. The van der Waals surface area contributed by atoms with E-state index in [1.807, 2.05) is 42.5 Å². The van der Waals surface area contributed by atoms with Crippen LogP contribution >= 0.6 is 0 Å². The van der Waals surface area contributed by atoms with Crippen molar-refractivity contribution in [1.82, 2.24) is 14.7 Å². The van der Waals surface area contributed by atoms with Crippen LogP contribution in [0.3, 0.4) is 0 Å². The molecule has 2 aromatic rings. The van der Waals surface area contributed by atoms with Crippen molar-refractivity contribution in [1.29, 1.82) is 0 Å². The van der Waals surface area contributed by atoms with E-state index in [2.05, 4.69) is 12.1 Å². The summed E-state index contributed by atoms with van der Waals surface area (Å²) in [7, 11) is 1.79. The third kappa shape index (κ3) is 6.42. The summed E-state index contributed by atoms with van der Waals surface area (Å²) in [6, 6.07) is 16.7. The van der Waals surface area contributed by atoms with Gasteiger partial charge in [0.25, 0.3) is 0 Å². The topological polar surface area (TPSA) is 79.4 Å². The molecule has 0 spiro atoms. The van der Waals surface area contributed by atoms with Crippen molar-refractivity contribution in [3.05, 3.63) is 71.3 Å². The Labute approximate surface area is 219 Å². The predicted octanol–water partition coefficient (Wildman–Crippen LogP) is 4.78. The second-order valence-electron chi connectivity index (χ2n) is 10.7. The maximum absolute atomic E-state index is 13.9. The molecule has 1 fully saturated rings. The third-order valence-corrected chi connectivity index (χ3v) is 6.91. The van der Waals surface area contributed by atoms with Crippen molar-refractivity contribution in [3.63, 3.8) is 0 Å². The normalized spacial score (nSPS) is 19.6. The Balaban J connectivity index is 1.52. The molecule has 0 aromatic heterocycles. The van der Waals surface area contributed by atoms with Crippen LogP contribution in [-0.2, 0) is 27.3 Å². The average molecular weight is 508 g/mol. The minimum absolute atomic E-state index is 0.0460. The monoisotopic (exact) mass is 507 g/mol. The lowest BCUT2D eigenvalue weighted by atomic mass is 9.86. The van der Waals surface area contributed by atoms with E-state index in [0.717, 1.165) is 30.4 Å². The summed E-state index contributed by atoms with van der Waals surface area (Å²) in [4.78, 5) is 44.7. The lowest BCUT2D eigenvalue weighted by Gasteiger charge is -2.43. The lowest BCUT2D eigenvalue weighted by Crippen LogP contribution is -2.62. The molecule has 0 unspecified atom stereocenters. The average Bonchev–Trinajstić information content (AvgIpc) is 2.89. The molecule has 198 valence electrons. The summed E-state index contributed by atoms with van der Waals surface area (Å²) in [5.74, 6) is -0.215. The number of amides is 3. The van der Waals surface area contributed by atoms with Gasteiger partial charge in [0.2, 0.25) is 5.91 Å². The first-order valence-electron chi connectivity index (χ1n) is 12.9. The second-order valence-corrected chi connectivity index (χ2v) is 10.7. The first-order valence-corrected chi connectivity index (χ1v) is 12.9. The van der Waals surface area contributed by atoms with E-state index in [1.54, 1.807) is 32.7 Å². The molecule has 0 N–H and O–H groups in total. The second kappa shape index (κ2) is 11.2. The van der Waals surface area contributed by atoms with Gasteiger partial charge in [0.15, 0.2) is 0 Å². The highest BCUT2D eigenvalue weighted by atomic mass is 16.6. The molecule has 2 atom stereocenters. The summed E-state index contributed by atoms with van der Waals surface area (Å²) >= 11 is 0. The van der Waals surface area contributed by atoms with Gasteiger partial charge in [0.05, 0.1) is 12.6 Å². The quantitative estimate of drug-likeness (QED) is 0.595. The number of likely N-dealkylation sites (N-methyl/N-ethyl adjacent to an activating group) is 1. The Morgan fingerprint density at radius 1 is 0.973 bits per heavy atom. The van der Waals surface area contributed by atoms with Crippen LogP contribution in [0.25, 0.3) is 0 Å². The Hall–Kier alpha value is -3.55. The molecule has 2 aliphatic rings. The molecule has 0 saturated carbocycles. The van der Waals surface area contributed by atoms with E-state index >= 15 is 0 Å². The fourth-order valence-electron chi connectivity index (χ4n) is 5.03. The number of ether oxygens (including phenoxy) is 2. The largest absolute Gasteiger partial charge is 0.445 e. The highest BCUT2D eigenvalue weighted by Crippen LogP contribution is 2.34. The van der Waals surface area contributed by atoms with E-state index < -0.39 is 23.8 Å². The number of fused-ring (bicyclic) bond motifs is 1. The molecule has 37 heavy (non-hydrogen) atoms. The Kier molecular flexibility index (Phi) is 8.05. The number of hydrogen-bond acceptors (Lipinski definition) is 5. The number of carbonyl (C=O) groups excluding carboxylic acids is 3. The minimum atomic E-state index is -0.869. The summed E-state index contributed by atoms with van der Waals surface area (Å²) in [5.41, 5.74) is 2.57. The predicted molar refractivity (Wildman–Crippen MR) is 140 cm³/mol. The summed E-state index contributed by atoms with van der Waals surface area (Å²) < 4.78 is 11.1. The molecule has 1 aliphatic carbocycles. The molecule has 8 heteroatoms. The molecular formula is C29H37N3O5. The van der Waals surface area contributed by atoms with Gasteiger partial charge in [-0.05, 0) is 56.7 Å². The van der Waals surface area contributed by atoms with Gasteiger partial charge < -0.3 is 19.3 Å². The first kappa shape index (κ1) is 26.5. The smallest absolute Gasteiger partial charge is 0.411 e. The summed E-state index contributed by atoms with van der Waals surface area (Å²) in [6.07, 6.45) is 1.76. The number of rotatable bonds is 4. The maximum atomic E-state index is 13.9. The van der Waals surface area contributed by atoms with Crippen molar-refractivity contribution in [2.24, 2.45) is 0 Å². The molecule has 4 rings (SSSR count). The molecular weight excluding hydrogens is 470 g/mol. The van der Waals surface area contributed by atoms with Gasteiger partial charge in [-0.1, -0.05) is 54.6 Å². The number of carbonyl (C=O) groups is 3. The SMILES string of the molecule is CN(C(=O)[C@@H]1CN(C(=O)OCc2ccccc2)CCN1C(=O)OC(C)(C)C)[C@@H]1CCCc2ccccc21. The molecule has 0 radical (unpaired) electrons. The summed E-state index contributed by atoms with van der Waals surface area (Å²) in [6.45, 7) is 6.01. The van der Waals surface area contributed by atoms with Crippen LogP contribution in [-0.4, -0.2) is 71.1 Å². The van der Waals surface area contributed by atoms with E-state index in [9.17, 15) is 14.4 Å².